The quantitative estimate of drug-likeness (QED) is 0.674. The largest absolute Gasteiger partial charge is 0.356 e. The number of hydrogen-bond donors (Lipinski definition) is 2. The monoisotopic (exact) mass is 208 g/mol. The fourth-order valence-corrected chi connectivity index (χ4v) is 1.49. The topological polar surface area (TPSA) is 70.7 Å². The molecule has 0 unspecified atom stereocenters. The van der Waals surface area contributed by atoms with Crippen LogP contribution in [0.5, 0.6) is 0 Å². The standard InChI is InChI=1S/C10H16N4O/c15-10(6-8-3-4-8)11-5-1-2-9-12-7-13-14-9/h7-8H,1-6H2,(H,11,15)(H,12,13,14). The molecule has 0 aliphatic heterocycles. The number of aromatic nitrogens is 3. The number of H-pyrrole nitrogens is 1. The molecule has 1 amide bonds. The molecule has 5 heteroatoms. The second-order valence-electron chi connectivity index (χ2n) is 4.03. The molecule has 0 atom stereocenters. The van der Waals surface area contributed by atoms with E-state index in [0.717, 1.165) is 25.2 Å². The molecule has 1 heterocycles. The van der Waals surface area contributed by atoms with Gasteiger partial charge in [0, 0.05) is 19.4 Å². The number of nitrogens with zero attached hydrogens (tertiary/aromatic N) is 2. The highest BCUT2D eigenvalue weighted by Gasteiger charge is 2.23. The van der Waals surface area contributed by atoms with E-state index in [2.05, 4.69) is 20.5 Å². The van der Waals surface area contributed by atoms with Gasteiger partial charge in [-0.05, 0) is 25.2 Å². The Morgan fingerprint density at radius 3 is 3.13 bits per heavy atom. The van der Waals surface area contributed by atoms with Gasteiger partial charge in [-0.1, -0.05) is 0 Å². The molecular formula is C10H16N4O. The van der Waals surface area contributed by atoms with Crippen LogP contribution in [0.1, 0.15) is 31.5 Å². The lowest BCUT2D eigenvalue weighted by Crippen LogP contribution is -2.24. The third-order valence-corrected chi connectivity index (χ3v) is 2.55. The molecule has 0 bridgehead atoms. The number of carbonyl (C=O) groups excluding carboxylic acids is 1. The van der Waals surface area contributed by atoms with E-state index in [-0.39, 0.29) is 5.91 Å². The summed E-state index contributed by atoms with van der Waals surface area (Å²) in [5.74, 6) is 1.74. The molecule has 15 heavy (non-hydrogen) atoms. The zero-order valence-electron chi connectivity index (χ0n) is 8.70. The van der Waals surface area contributed by atoms with Crippen LogP contribution < -0.4 is 5.32 Å². The molecular weight excluding hydrogens is 192 g/mol. The summed E-state index contributed by atoms with van der Waals surface area (Å²) in [4.78, 5) is 15.3. The van der Waals surface area contributed by atoms with Gasteiger partial charge in [0.05, 0.1) is 0 Å². The highest BCUT2D eigenvalue weighted by molar-refractivity contribution is 5.76. The van der Waals surface area contributed by atoms with Gasteiger partial charge in [-0.15, -0.1) is 0 Å². The molecule has 1 aliphatic rings. The van der Waals surface area contributed by atoms with Crippen LogP contribution in [0.3, 0.4) is 0 Å². The second kappa shape index (κ2) is 4.91. The Bertz CT molecular complexity index is 305. The van der Waals surface area contributed by atoms with Crippen LogP contribution >= 0.6 is 0 Å². The van der Waals surface area contributed by atoms with Crippen LogP contribution in [-0.2, 0) is 11.2 Å². The normalized spacial score (nSPS) is 15.2. The number of aryl methyl sites for hydroxylation is 1. The minimum Gasteiger partial charge on any atom is -0.356 e. The molecule has 0 spiro atoms. The lowest BCUT2D eigenvalue weighted by molar-refractivity contribution is -0.121. The lowest BCUT2D eigenvalue weighted by atomic mass is 10.2. The number of aromatic amines is 1. The van der Waals surface area contributed by atoms with Gasteiger partial charge in [0.1, 0.15) is 12.2 Å². The van der Waals surface area contributed by atoms with Crippen molar-refractivity contribution in [3.63, 3.8) is 0 Å². The number of nitrogens with one attached hydrogen (secondary N) is 2. The summed E-state index contributed by atoms with van der Waals surface area (Å²) in [6, 6.07) is 0. The van der Waals surface area contributed by atoms with Gasteiger partial charge < -0.3 is 5.32 Å². The van der Waals surface area contributed by atoms with Crippen LogP contribution in [0, 0.1) is 5.92 Å². The van der Waals surface area contributed by atoms with Crippen molar-refractivity contribution >= 4 is 5.91 Å². The summed E-state index contributed by atoms with van der Waals surface area (Å²) >= 11 is 0. The number of carbonyl (C=O) groups is 1. The first-order chi connectivity index (χ1) is 7.34. The SMILES string of the molecule is O=C(CC1CC1)NCCCc1ncn[nH]1. The third-order valence-electron chi connectivity index (χ3n) is 2.55. The molecule has 1 aromatic heterocycles. The Hall–Kier alpha value is -1.39. The van der Waals surface area contributed by atoms with Crippen molar-refractivity contribution in [3.05, 3.63) is 12.2 Å². The molecule has 0 radical (unpaired) electrons. The maximum absolute atomic E-state index is 11.3. The fraction of sp³-hybridized carbons (Fsp3) is 0.700. The Morgan fingerprint density at radius 2 is 2.47 bits per heavy atom. The molecule has 2 rings (SSSR count). The van der Waals surface area contributed by atoms with Crippen LogP contribution in [0.25, 0.3) is 0 Å². The van der Waals surface area contributed by atoms with Crippen LogP contribution in [0.2, 0.25) is 0 Å². The molecule has 2 N–H and O–H groups in total. The molecule has 0 saturated heterocycles. The smallest absolute Gasteiger partial charge is 0.220 e. The molecule has 0 aromatic carbocycles. The van der Waals surface area contributed by atoms with Gasteiger partial charge in [-0.3, -0.25) is 9.89 Å². The maximum Gasteiger partial charge on any atom is 0.220 e. The molecule has 82 valence electrons. The van der Waals surface area contributed by atoms with Crippen molar-refractivity contribution < 1.29 is 4.79 Å². The fourth-order valence-electron chi connectivity index (χ4n) is 1.49. The van der Waals surface area contributed by atoms with Gasteiger partial charge in [0.25, 0.3) is 0 Å². The van der Waals surface area contributed by atoms with Crippen LogP contribution in [-0.4, -0.2) is 27.6 Å². The van der Waals surface area contributed by atoms with Crippen molar-refractivity contribution in [2.75, 3.05) is 6.54 Å². The zero-order chi connectivity index (χ0) is 10.5. The van der Waals surface area contributed by atoms with E-state index < -0.39 is 0 Å². The summed E-state index contributed by atoms with van der Waals surface area (Å²) in [6.07, 6.45) is 6.41. The van der Waals surface area contributed by atoms with Crippen LogP contribution in [0.15, 0.2) is 6.33 Å². The Balaban J connectivity index is 1.52. The van der Waals surface area contributed by atoms with Gasteiger partial charge in [-0.25, -0.2) is 4.98 Å². The minimum atomic E-state index is 0.190. The summed E-state index contributed by atoms with van der Waals surface area (Å²) in [7, 11) is 0. The summed E-state index contributed by atoms with van der Waals surface area (Å²) in [5, 5.41) is 9.47. The van der Waals surface area contributed by atoms with Gasteiger partial charge >= 0.3 is 0 Å². The van der Waals surface area contributed by atoms with E-state index in [1.54, 1.807) is 0 Å². The number of hydrogen-bond acceptors (Lipinski definition) is 3. The molecule has 1 saturated carbocycles. The predicted octanol–water partition coefficient (Wildman–Crippen LogP) is 0.654. The average Bonchev–Trinajstić information content (AvgIpc) is 2.87. The summed E-state index contributed by atoms with van der Waals surface area (Å²) in [6.45, 7) is 0.728. The summed E-state index contributed by atoms with van der Waals surface area (Å²) in [5.41, 5.74) is 0. The zero-order valence-corrected chi connectivity index (χ0v) is 8.70. The molecule has 1 fully saturated rings. The Morgan fingerprint density at radius 1 is 1.60 bits per heavy atom. The lowest BCUT2D eigenvalue weighted by Gasteiger charge is -2.02. The Kier molecular flexibility index (Phi) is 3.32. The van der Waals surface area contributed by atoms with E-state index in [1.807, 2.05) is 0 Å². The van der Waals surface area contributed by atoms with E-state index >= 15 is 0 Å². The summed E-state index contributed by atoms with van der Waals surface area (Å²) < 4.78 is 0. The first-order valence-electron chi connectivity index (χ1n) is 5.45. The van der Waals surface area contributed by atoms with Crippen molar-refractivity contribution in [1.29, 1.82) is 0 Å². The van der Waals surface area contributed by atoms with Gasteiger partial charge in [0.2, 0.25) is 5.91 Å². The third kappa shape index (κ3) is 3.69. The maximum atomic E-state index is 11.3. The first kappa shape index (κ1) is 10.1. The molecule has 1 aliphatic carbocycles. The van der Waals surface area contributed by atoms with E-state index in [1.165, 1.54) is 19.2 Å². The highest BCUT2D eigenvalue weighted by Crippen LogP contribution is 2.31. The van der Waals surface area contributed by atoms with Crippen molar-refractivity contribution in [1.82, 2.24) is 20.5 Å². The van der Waals surface area contributed by atoms with Gasteiger partial charge in [-0.2, -0.15) is 5.10 Å². The number of amides is 1. The van der Waals surface area contributed by atoms with E-state index in [9.17, 15) is 4.79 Å². The van der Waals surface area contributed by atoms with Crippen molar-refractivity contribution in [2.45, 2.75) is 32.1 Å². The number of rotatable bonds is 6. The Labute approximate surface area is 88.7 Å². The first-order valence-corrected chi connectivity index (χ1v) is 5.45. The van der Waals surface area contributed by atoms with Crippen molar-refractivity contribution in [2.24, 2.45) is 5.92 Å². The average molecular weight is 208 g/mol. The molecule has 1 aromatic rings. The van der Waals surface area contributed by atoms with E-state index in [4.69, 9.17) is 0 Å². The predicted molar refractivity (Wildman–Crippen MR) is 55.1 cm³/mol. The minimum absolute atomic E-state index is 0.190. The van der Waals surface area contributed by atoms with Crippen molar-refractivity contribution in [3.8, 4) is 0 Å². The van der Waals surface area contributed by atoms with E-state index in [0.29, 0.717) is 12.3 Å². The highest BCUT2D eigenvalue weighted by atomic mass is 16.1. The second-order valence-corrected chi connectivity index (χ2v) is 4.03. The molecule has 5 nitrogen and oxygen atoms in total. The van der Waals surface area contributed by atoms with Crippen LogP contribution in [0.4, 0.5) is 0 Å². The van der Waals surface area contributed by atoms with Gasteiger partial charge in [0.15, 0.2) is 0 Å².